The van der Waals surface area contributed by atoms with E-state index in [2.05, 4.69) is 61.5 Å². The van der Waals surface area contributed by atoms with Crippen LogP contribution < -0.4 is 0 Å². The summed E-state index contributed by atoms with van der Waals surface area (Å²) in [7, 11) is 0. The fraction of sp³-hybridized carbons (Fsp3) is 0.100. The smallest absolute Gasteiger partial charge is 0.123 e. The Kier molecular flexibility index (Phi) is 2.46. The molecule has 0 aliphatic heterocycles. The molecule has 1 N–H and O–H groups in total. The molecule has 0 radical (unpaired) electrons. The molecule has 1 nitrogen and oxygen atoms in total. The summed E-state index contributed by atoms with van der Waals surface area (Å²) in [4.78, 5) is 0. The van der Waals surface area contributed by atoms with Gasteiger partial charge < -0.3 is 5.11 Å². The van der Waals surface area contributed by atoms with Gasteiger partial charge in [0.25, 0.3) is 0 Å². The van der Waals surface area contributed by atoms with E-state index in [0.717, 1.165) is 11.1 Å². The van der Waals surface area contributed by atoms with E-state index in [0.29, 0.717) is 5.75 Å². The zero-order valence-electron chi connectivity index (χ0n) is 11.9. The van der Waals surface area contributed by atoms with E-state index in [-0.39, 0.29) is 5.41 Å². The summed E-state index contributed by atoms with van der Waals surface area (Å²) in [5, 5.41) is 10.2. The molecule has 1 atom stereocenters. The van der Waals surface area contributed by atoms with Gasteiger partial charge in [-0.3, -0.25) is 0 Å². The molecule has 0 aromatic heterocycles. The highest BCUT2D eigenvalue weighted by Gasteiger charge is 2.33. The Morgan fingerprint density at radius 1 is 0.714 bits per heavy atom. The minimum atomic E-state index is -0.198. The molecule has 1 aliphatic rings. The van der Waals surface area contributed by atoms with Gasteiger partial charge in [0.1, 0.15) is 5.75 Å². The highest BCUT2D eigenvalue weighted by atomic mass is 16.3. The molecule has 0 saturated heterocycles. The lowest BCUT2D eigenvalue weighted by molar-refractivity contribution is 0.477. The van der Waals surface area contributed by atoms with Gasteiger partial charge in [-0.15, -0.1) is 0 Å². The maximum atomic E-state index is 10.2. The first kappa shape index (κ1) is 12.2. The molecule has 0 amide bonds. The van der Waals surface area contributed by atoms with Crippen LogP contribution >= 0.6 is 0 Å². The van der Waals surface area contributed by atoms with Gasteiger partial charge >= 0.3 is 0 Å². The van der Waals surface area contributed by atoms with E-state index in [9.17, 15) is 5.11 Å². The number of aromatic hydroxyl groups is 1. The third kappa shape index (κ3) is 1.64. The molecule has 21 heavy (non-hydrogen) atoms. The van der Waals surface area contributed by atoms with E-state index in [1.165, 1.54) is 16.7 Å². The second kappa shape index (κ2) is 4.23. The molecule has 1 unspecified atom stereocenters. The molecule has 0 fully saturated rings. The molecule has 3 aromatic rings. The number of rotatable bonds is 1. The van der Waals surface area contributed by atoms with Crippen LogP contribution in [0.15, 0.2) is 72.8 Å². The molecule has 4 rings (SSSR count). The van der Waals surface area contributed by atoms with Crippen LogP contribution in [0.3, 0.4) is 0 Å². The molecule has 0 spiro atoms. The Labute approximate surface area is 124 Å². The van der Waals surface area contributed by atoms with Gasteiger partial charge in [-0.05, 0) is 47.4 Å². The van der Waals surface area contributed by atoms with Crippen LogP contribution in [-0.4, -0.2) is 5.11 Å². The number of phenolic OH excluding ortho intramolecular Hbond substituents is 1. The zero-order valence-corrected chi connectivity index (χ0v) is 11.9. The number of fused-ring (bicyclic) bond motifs is 5. The van der Waals surface area contributed by atoms with Crippen molar-refractivity contribution in [1.82, 2.24) is 0 Å². The normalized spacial score (nSPS) is 19.1. The minimum Gasteiger partial charge on any atom is -0.507 e. The third-order valence-electron chi connectivity index (χ3n) is 4.68. The van der Waals surface area contributed by atoms with Crippen molar-refractivity contribution in [3.05, 3.63) is 89.5 Å². The first-order chi connectivity index (χ1) is 10.2. The topological polar surface area (TPSA) is 20.2 Å². The van der Waals surface area contributed by atoms with Gasteiger partial charge in [0.2, 0.25) is 0 Å². The van der Waals surface area contributed by atoms with E-state index >= 15 is 0 Å². The quantitative estimate of drug-likeness (QED) is 0.679. The highest BCUT2D eigenvalue weighted by molar-refractivity contribution is 5.75. The summed E-state index contributed by atoms with van der Waals surface area (Å²) in [5.41, 5.74) is 5.52. The lowest BCUT2D eigenvalue weighted by atomic mass is 9.72. The van der Waals surface area contributed by atoms with Gasteiger partial charge in [-0.25, -0.2) is 0 Å². The minimum absolute atomic E-state index is 0.198. The first-order valence-corrected chi connectivity index (χ1v) is 7.19. The van der Waals surface area contributed by atoms with Crippen molar-refractivity contribution in [3.63, 3.8) is 0 Å². The van der Waals surface area contributed by atoms with Crippen LogP contribution in [0.1, 0.15) is 23.6 Å². The summed E-state index contributed by atoms with van der Waals surface area (Å²) < 4.78 is 0. The number of hydrogen-bond donors (Lipinski definition) is 1. The van der Waals surface area contributed by atoms with Gasteiger partial charge in [0.15, 0.2) is 0 Å². The molecule has 0 saturated carbocycles. The predicted molar refractivity (Wildman–Crippen MR) is 85.5 cm³/mol. The monoisotopic (exact) mass is 272 g/mol. The van der Waals surface area contributed by atoms with Crippen molar-refractivity contribution in [2.45, 2.75) is 12.3 Å². The van der Waals surface area contributed by atoms with Gasteiger partial charge in [0.05, 0.1) is 0 Å². The largest absolute Gasteiger partial charge is 0.507 e. The second-order valence-electron chi connectivity index (χ2n) is 5.80. The van der Waals surface area contributed by atoms with Gasteiger partial charge in [-0.2, -0.15) is 0 Å². The molecule has 102 valence electrons. The fourth-order valence-electron chi connectivity index (χ4n) is 3.35. The van der Waals surface area contributed by atoms with Crippen LogP contribution in [0.4, 0.5) is 0 Å². The number of hydrogen-bond acceptors (Lipinski definition) is 1. The number of benzene rings is 3. The molecule has 4 bridgehead atoms. The van der Waals surface area contributed by atoms with Crippen molar-refractivity contribution in [2.75, 3.05) is 0 Å². The van der Waals surface area contributed by atoms with Crippen molar-refractivity contribution < 1.29 is 5.11 Å². The Balaban J connectivity index is 2.11. The summed E-state index contributed by atoms with van der Waals surface area (Å²) in [6.07, 6.45) is 0. The number of phenols is 1. The predicted octanol–water partition coefficient (Wildman–Crippen LogP) is 4.73. The van der Waals surface area contributed by atoms with Crippen molar-refractivity contribution in [2.24, 2.45) is 0 Å². The maximum absolute atomic E-state index is 10.2. The van der Waals surface area contributed by atoms with E-state index in [1.807, 2.05) is 18.2 Å². The first-order valence-electron chi connectivity index (χ1n) is 7.19. The lowest BCUT2D eigenvalue weighted by Crippen LogP contribution is -2.24. The van der Waals surface area contributed by atoms with E-state index < -0.39 is 0 Å². The SMILES string of the molecule is CC1(c2ccccc2)c2cccc(c2)-c2cc1ccc2O. The van der Waals surface area contributed by atoms with Crippen LogP contribution in [0.2, 0.25) is 0 Å². The zero-order chi connectivity index (χ0) is 14.4. The summed E-state index contributed by atoms with van der Waals surface area (Å²) >= 11 is 0. The lowest BCUT2D eigenvalue weighted by Gasteiger charge is -2.31. The molecule has 0 heterocycles. The standard InChI is InChI=1S/C20H16O/c1-20(15-7-3-2-4-8-15)16-9-5-6-14(12-16)18-13-17(20)10-11-19(18)21/h2-13,21H,1H3. The Hall–Kier alpha value is -2.54. The Morgan fingerprint density at radius 3 is 2.24 bits per heavy atom. The summed E-state index contributed by atoms with van der Waals surface area (Å²) in [5.74, 6) is 0.341. The van der Waals surface area contributed by atoms with Crippen LogP contribution in [-0.2, 0) is 5.41 Å². The average molecular weight is 272 g/mol. The molecular weight excluding hydrogens is 256 g/mol. The summed E-state index contributed by atoms with van der Waals surface area (Å²) in [6, 6.07) is 25.0. The van der Waals surface area contributed by atoms with Crippen LogP contribution in [0, 0.1) is 0 Å². The van der Waals surface area contributed by atoms with Crippen molar-refractivity contribution in [3.8, 4) is 16.9 Å². The molecule has 1 aliphatic carbocycles. The van der Waals surface area contributed by atoms with E-state index in [1.54, 1.807) is 0 Å². The highest BCUT2D eigenvalue weighted by Crippen LogP contribution is 2.45. The molecule has 3 aromatic carbocycles. The van der Waals surface area contributed by atoms with Crippen LogP contribution in [0.5, 0.6) is 5.75 Å². The molecular formula is C20H16O. The molecule has 1 heteroatoms. The summed E-state index contributed by atoms with van der Waals surface area (Å²) in [6.45, 7) is 2.25. The maximum Gasteiger partial charge on any atom is 0.123 e. The average Bonchev–Trinajstić information content (AvgIpc) is 2.61. The van der Waals surface area contributed by atoms with Crippen molar-refractivity contribution in [1.29, 1.82) is 0 Å². The van der Waals surface area contributed by atoms with Gasteiger partial charge in [0, 0.05) is 11.0 Å². The Morgan fingerprint density at radius 2 is 1.43 bits per heavy atom. The second-order valence-corrected chi connectivity index (χ2v) is 5.80. The van der Waals surface area contributed by atoms with E-state index in [4.69, 9.17) is 0 Å². The fourth-order valence-corrected chi connectivity index (χ4v) is 3.35. The van der Waals surface area contributed by atoms with Crippen molar-refractivity contribution >= 4 is 0 Å². The van der Waals surface area contributed by atoms with Crippen LogP contribution in [0.25, 0.3) is 11.1 Å². The Bertz CT molecular complexity index is 820. The van der Waals surface area contributed by atoms with Gasteiger partial charge in [-0.1, -0.05) is 54.6 Å². The third-order valence-corrected chi connectivity index (χ3v) is 4.68.